The van der Waals surface area contributed by atoms with E-state index in [1.165, 1.54) is 31.7 Å². The average Bonchev–Trinajstić information content (AvgIpc) is 2.64. The number of ether oxygens (including phenoxy) is 1. The van der Waals surface area contributed by atoms with Gasteiger partial charge in [0.05, 0.1) is 24.1 Å². The average molecular weight is 419 g/mol. The van der Waals surface area contributed by atoms with Gasteiger partial charge in [0, 0.05) is 0 Å². The Morgan fingerprint density at radius 3 is 2.14 bits per heavy atom. The molecule has 0 fully saturated rings. The molecule has 6 nitrogen and oxygen atoms in total. The summed E-state index contributed by atoms with van der Waals surface area (Å²) in [5, 5.41) is 2.90. The lowest BCUT2D eigenvalue weighted by atomic mass is 9.96. The topological polar surface area (TPSA) is 84.5 Å². The maximum Gasteiger partial charge on any atom is 0.241 e. The van der Waals surface area contributed by atoms with Crippen LogP contribution in [0, 0.1) is 27.7 Å². The predicted octanol–water partition coefficient (Wildman–Crippen LogP) is 3.47. The van der Waals surface area contributed by atoms with Crippen molar-refractivity contribution < 1.29 is 17.9 Å². The van der Waals surface area contributed by atoms with Crippen LogP contribution in [0.15, 0.2) is 35.2 Å². The molecular formula is C22H30N2O4S. The van der Waals surface area contributed by atoms with E-state index < -0.39 is 16.1 Å². The van der Waals surface area contributed by atoms with E-state index in [0.717, 1.165) is 16.7 Å². The summed E-state index contributed by atoms with van der Waals surface area (Å²) < 4.78 is 32.9. The van der Waals surface area contributed by atoms with Crippen molar-refractivity contribution in [3.05, 3.63) is 58.1 Å². The van der Waals surface area contributed by atoms with Crippen LogP contribution >= 0.6 is 0 Å². The van der Waals surface area contributed by atoms with Gasteiger partial charge in [0.15, 0.2) is 0 Å². The first-order valence-corrected chi connectivity index (χ1v) is 11.0. The lowest BCUT2D eigenvalue weighted by Crippen LogP contribution is -2.45. The molecule has 2 aromatic carbocycles. The van der Waals surface area contributed by atoms with Crippen molar-refractivity contribution in [2.24, 2.45) is 0 Å². The van der Waals surface area contributed by atoms with Crippen LogP contribution in [0.3, 0.4) is 0 Å². The Morgan fingerprint density at radius 1 is 0.931 bits per heavy atom. The molecule has 2 unspecified atom stereocenters. The first-order chi connectivity index (χ1) is 13.5. The molecule has 2 rings (SSSR count). The van der Waals surface area contributed by atoms with Crippen molar-refractivity contribution in [1.29, 1.82) is 0 Å². The fourth-order valence-corrected chi connectivity index (χ4v) is 4.53. The highest BCUT2D eigenvalue weighted by Crippen LogP contribution is 2.23. The second kappa shape index (κ2) is 8.97. The SMILES string of the molecule is COc1ccc(S(=O)(=O)NC(C)C(=O)NC(C)c2cc(C)c(C)cc2C)cc1C. The van der Waals surface area contributed by atoms with Crippen LogP contribution in [-0.2, 0) is 14.8 Å². The predicted molar refractivity (Wildman–Crippen MR) is 115 cm³/mol. The molecule has 0 saturated carbocycles. The van der Waals surface area contributed by atoms with E-state index in [1.807, 2.05) is 27.7 Å². The van der Waals surface area contributed by atoms with Crippen LogP contribution in [0.25, 0.3) is 0 Å². The Kier molecular flexibility index (Phi) is 7.08. The normalized spacial score (nSPS) is 13.6. The molecule has 0 heterocycles. The van der Waals surface area contributed by atoms with Gasteiger partial charge in [-0.25, -0.2) is 8.42 Å². The summed E-state index contributed by atoms with van der Waals surface area (Å²) in [7, 11) is -2.31. The van der Waals surface area contributed by atoms with E-state index in [1.54, 1.807) is 13.0 Å². The highest BCUT2D eigenvalue weighted by Gasteiger charge is 2.24. The van der Waals surface area contributed by atoms with Gasteiger partial charge in [-0.15, -0.1) is 0 Å². The van der Waals surface area contributed by atoms with Crippen molar-refractivity contribution in [2.75, 3.05) is 7.11 Å². The zero-order valence-electron chi connectivity index (χ0n) is 18.1. The molecular weight excluding hydrogens is 388 g/mol. The molecule has 0 radical (unpaired) electrons. The van der Waals surface area contributed by atoms with Crippen LogP contribution in [0.4, 0.5) is 0 Å². The molecule has 0 saturated heterocycles. The van der Waals surface area contributed by atoms with E-state index in [2.05, 4.69) is 22.2 Å². The number of hydrogen-bond acceptors (Lipinski definition) is 4. The van der Waals surface area contributed by atoms with Crippen molar-refractivity contribution >= 4 is 15.9 Å². The molecule has 0 bridgehead atoms. The lowest BCUT2D eigenvalue weighted by molar-refractivity contribution is -0.123. The van der Waals surface area contributed by atoms with Gasteiger partial charge in [0.1, 0.15) is 5.75 Å². The molecule has 1 amide bonds. The molecule has 158 valence electrons. The minimum absolute atomic E-state index is 0.0912. The second-order valence-corrected chi connectivity index (χ2v) is 9.21. The Hall–Kier alpha value is -2.38. The molecule has 2 atom stereocenters. The summed E-state index contributed by atoms with van der Waals surface area (Å²) in [6, 6.07) is 7.57. The van der Waals surface area contributed by atoms with E-state index in [0.29, 0.717) is 11.3 Å². The van der Waals surface area contributed by atoms with Crippen molar-refractivity contribution in [1.82, 2.24) is 10.0 Å². The smallest absolute Gasteiger partial charge is 0.241 e. The number of carbonyl (C=O) groups excluding carboxylic acids is 1. The summed E-state index contributed by atoms with van der Waals surface area (Å²) in [5.74, 6) is 0.219. The zero-order valence-corrected chi connectivity index (χ0v) is 18.9. The van der Waals surface area contributed by atoms with Gasteiger partial charge in [-0.05, 0) is 87.6 Å². The van der Waals surface area contributed by atoms with E-state index >= 15 is 0 Å². The van der Waals surface area contributed by atoms with E-state index in [4.69, 9.17) is 4.74 Å². The zero-order chi connectivity index (χ0) is 21.9. The van der Waals surface area contributed by atoms with Crippen molar-refractivity contribution in [3.8, 4) is 5.75 Å². The van der Waals surface area contributed by atoms with Gasteiger partial charge in [0.25, 0.3) is 0 Å². The molecule has 0 aliphatic rings. The maximum absolute atomic E-state index is 12.7. The Balaban J connectivity index is 2.12. The molecule has 7 heteroatoms. The monoisotopic (exact) mass is 418 g/mol. The molecule has 0 aliphatic heterocycles. The van der Waals surface area contributed by atoms with Crippen molar-refractivity contribution in [2.45, 2.75) is 58.5 Å². The van der Waals surface area contributed by atoms with E-state index in [-0.39, 0.29) is 16.8 Å². The fraction of sp³-hybridized carbons (Fsp3) is 0.409. The Labute approximate surface area is 173 Å². The number of carbonyl (C=O) groups is 1. The molecule has 2 N–H and O–H groups in total. The first kappa shape index (κ1) is 22.9. The Bertz CT molecular complexity index is 1020. The lowest BCUT2D eigenvalue weighted by Gasteiger charge is -2.21. The summed E-state index contributed by atoms with van der Waals surface area (Å²) in [6.07, 6.45) is 0. The number of hydrogen-bond donors (Lipinski definition) is 2. The molecule has 0 spiro atoms. The second-order valence-electron chi connectivity index (χ2n) is 7.50. The first-order valence-electron chi connectivity index (χ1n) is 9.51. The third-order valence-corrected chi connectivity index (χ3v) is 6.65. The summed E-state index contributed by atoms with van der Waals surface area (Å²) >= 11 is 0. The molecule has 0 aromatic heterocycles. The number of benzene rings is 2. The van der Waals surface area contributed by atoms with Gasteiger partial charge >= 0.3 is 0 Å². The number of nitrogens with one attached hydrogen (secondary N) is 2. The highest BCUT2D eigenvalue weighted by molar-refractivity contribution is 7.89. The molecule has 0 aliphatic carbocycles. The standard InChI is InChI=1S/C22H30N2O4S/c1-13-10-15(3)20(12-14(13)2)17(5)23-22(25)18(6)24-29(26,27)19-8-9-21(28-7)16(4)11-19/h8-12,17-18,24H,1-7H3,(H,23,25). The highest BCUT2D eigenvalue weighted by atomic mass is 32.2. The van der Waals surface area contributed by atoms with Crippen LogP contribution in [-0.4, -0.2) is 27.5 Å². The van der Waals surface area contributed by atoms with Gasteiger partial charge in [0.2, 0.25) is 15.9 Å². The van der Waals surface area contributed by atoms with Crippen LogP contribution < -0.4 is 14.8 Å². The van der Waals surface area contributed by atoms with Gasteiger partial charge in [-0.3, -0.25) is 4.79 Å². The van der Waals surface area contributed by atoms with Gasteiger partial charge < -0.3 is 10.1 Å². The fourth-order valence-electron chi connectivity index (χ4n) is 3.24. The number of sulfonamides is 1. The quantitative estimate of drug-likeness (QED) is 0.721. The third-order valence-electron chi connectivity index (χ3n) is 5.11. The van der Waals surface area contributed by atoms with Gasteiger partial charge in [-0.1, -0.05) is 12.1 Å². The van der Waals surface area contributed by atoms with Crippen molar-refractivity contribution in [3.63, 3.8) is 0 Å². The third kappa shape index (κ3) is 5.36. The Morgan fingerprint density at radius 2 is 1.55 bits per heavy atom. The summed E-state index contributed by atoms with van der Waals surface area (Å²) in [6.45, 7) is 11.3. The summed E-state index contributed by atoms with van der Waals surface area (Å²) in [5.41, 5.74) is 5.15. The minimum Gasteiger partial charge on any atom is -0.496 e. The van der Waals surface area contributed by atoms with Crippen LogP contribution in [0.5, 0.6) is 5.75 Å². The number of rotatable bonds is 7. The number of aryl methyl sites for hydroxylation is 4. The number of amides is 1. The summed E-state index contributed by atoms with van der Waals surface area (Å²) in [4.78, 5) is 12.7. The maximum atomic E-state index is 12.7. The van der Waals surface area contributed by atoms with Crippen LogP contribution in [0.2, 0.25) is 0 Å². The minimum atomic E-state index is -3.84. The van der Waals surface area contributed by atoms with Gasteiger partial charge in [-0.2, -0.15) is 4.72 Å². The van der Waals surface area contributed by atoms with E-state index in [9.17, 15) is 13.2 Å². The number of methoxy groups -OCH3 is 1. The molecule has 2 aromatic rings. The largest absolute Gasteiger partial charge is 0.496 e. The molecule has 29 heavy (non-hydrogen) atoms. The van der Waals surface area contributed by atoms with Crippen LogP contribution in [0.1, 0.15) is 47.7 Å².